The van der Waals surface area contributed by atoms with Gasteiger partial charge in [-0.05, 0) is 39.2 Å². The lowest BCUT2D eigenvalue weighted by Gasteiger charge is -2.36. The van der Waals surface area contributed by atoms with Crippen LogP contribution in [0, 0.1) is 13.8 Å². The Morgan fingerprint density at radius 3 is 2.71 bits per heavy atom. The third-order valence-corrected chi connectivity index (χ3v) is 4.44. The second-order valence-electron chi connectivity index (χ2n) is 6.35. The van der Waals surface area contributed by atoms with Crippen molar-refractivity contribution in [1.29, 1.82) is 0 Å². The molecule has 0 aromatic carbocycles. The number of hydrogen-bond donors (Lipinski definition) is 0. The second kappa shape index (κ2) is 6.90. The molecule has 0 N–H and O–H groups in total. The lowest BCUT2D eigenvalue weighted by atomic mass is 10.1. The van der Waals surface area contributed by atoms with Crippen LogP contribution in [0.5, 0.6) is 0 Å². The van der Waals surface area contributed by atoms with E-state index in [9.17, 15) is 0 Å². The van der Waals surface area contributed by atoms with Gasteiger partial charge in [-0.1, -0.05) is 0 Å². The average molecular weight is 293 g/mol. The first-order valence-corrected chi connectivity index (χ1v) is 8.17. The van der Waals surface area contributed by atoms with E-state index in [1.54, 1.807) is 0 Å². The van der Waals surface area contributed by atoms with Gasteiger partial charge in [0.25, 0.3) is 0 Å². The molecule has 2 aliphatic heterocycles. The molecule has 0 amide bonds. The molecule has 1 aromatic rings. The van der Waals surface area contributed by atoms with Crippen LogP contribution in [0.4, 0.5) is 0 Å². The molecule has 1 aromatic heterocycles. The zero-order chi connectivity index (χ0) is 14.7. The molecule has 5 heteroatoms. The van der Waals surface area contributed by atoms with Crippen LogP contribution in [0.15, 0.2) is 6.07 Å². The molecular weight excluding hydrogens is 266 g/mol. The summed E-state index contributed by atoms with van der Waals surface area (Å²) < 4.78 is 13.8. The van der Waals surface area contributed by atoms with Gasteiger partial charge in [0.05, 0.1) is 31.1 Å². The molecule has 0 radical (unpaired) electrons. The average Bonchev–Trinajstić information content (AvgIpc) is 2.78. The van der Waals surface area contributed by atoms with Crippen LogP contribution in [-0.2, 0) is 16.0 Å². The number of nitrogens with zero attached hydrogens (tertiary/aromatic N) is 3. The van der Waals surface area contributed by atoms with Crippen molar-refractivity contribution >= 4 is 0 Å². The summed E-state index contributed by atoms with van der Waals surface area (Å²) in [5, 5.41) is 4.54. The zero-order valence-corrected chi connectivity index (χ0v) is 13.3. The highest BCUT2D eigenvalue weighted by Gasteiger charge is 2.25. The van der Waals surface area contributed by atoms with Crippen molar-refractivity contribution in [2.45, 2.75) is 51.9 Å². The molecule has 2 aliphatic rings. The van der Waals surface area contributed by atoms with E-state index >= 15 is 0 Å². The number of aryl methyl sites for hydroxylation is 2. The topological polar surface area (TPSA) is 39.5 Å². The van der Waals surface area contributed by atoms with E-state index in [0.717, 1.165) is 45.1 Å². The Morgan fingerprint density at radius 1 is 1.14 bits per heavy atom. The van der Waals surface area contributed by atoms with Crippen molar-refractivity contribution in [2.24, 2.45) is 0 Å². The summed E-state index contributed by atoms with van der Waals surface area (Å²) in [6.07, 6.45) is 4.40. The molecule has 0 bridgehead atoms. The van der Waals surface area contributed by atoms with Crippen molar-refractivity contribution in [3.05, 3.63) is 17.5 Å². The van der Waals surface area contributed by atoms with Gasteiger partial charge in [0, 0.05) is 31.9 Å². The third-order valence-electron chi connectivity index (χ3n) is 4.44. The van der Waals surface area contributed by atoms with Crippen LogP contribution in [0.3, 0.4) is 0 Å². The van der Waals surface area contributed by atoms with Gasteiger partial charge in [0.15, 0.2) is 0 Å². The Bertz CT molecular complexity index is 454. The standard InChI is InChI=1S/C16H27N3O2/c1-13-9-14(2)19(17-13)12-16-11-18(6-8-21-16)10-15-5-3-4-7-20-15/h9,15-16H,3-8,10-12H2,1-2H3/t15-,16+/m0/s1. The second-order valence-corrected chi connectivity index (χ2v) is 6.35. The highest BCUT2D eigenvalue weighted by atomic mass is 16.5. The smallest absolute Gasteiger partial charge is 0.0898 e. The molecule has 0 spiro atoms. The summed E-state index contributed by atoms with van der Waals surface area (Å²) in [6, 6.07) is 2.12. The largest absolute Gasteiger partial charge is 0.377 e. The van der Waals surface area contributed by atoms with Crippen molar-refractivity contribution in [3.8, 4) is 0 Å². The minimum atomic E-state index is 0.236. The Kier molecular flexibility index (Phi) is 4.93. The monoisotopic (exact) mass is 293 g/mol. The van der Waals surface area contributed by atoms with Gasteiger partial charge in [-0.25, -0.2) is 0 Å². The van der Waals surface area contributed by atoms with Crippen LogP contribution in [0.2, 0.25) is 0 Å². The van der Waals surface area contributed by atoms with E-state index in [2.05, 4.69) is 27.7 Å². The van der Waals surface area contributed by atoms with Crippen LogP contribution >= 0.6 is 0 Å². The normalized spacial score (nSPS) is 27.9. The lowest BCUT2D eigenvalue weighted by Crippen LogP contribution is -2.47. The van der Waals surface area contributed by atoms with Gasteiger partial charge in [0.1, 0.15) is 0 Å². The number of morpholine rings is 1. The van der Waals surface area contributed by atoms with E-state index in [-0.39, 0.29) is 6.10 Å². The van der Waals surface area contributed by atoms with Gasteiger partial charge in [0.2, 0.25) is 0 Å². The fraction of sp³-hybridized carbons (Fsp3) is 0.812. The van der Waals surface area contributed by atoms with Gasteiger partial charge < -0.3 is 9.47 Å². The summed E-state index contributed by atoms with van der Waals surface area (Å²) in [5.41, 5.74) is 2.29. The predicted molar refractivity (Wildman–Crippen MR) is 81.5 cm³/mol. The summed E-state index contributed by atoms with van der Waals surface area (Å²) in [5.74, 6) is 0. The Morgan fingerprint density at radius 2 is 2.00 bits per heavy atom. The molecule has 3 rings (SSSR count). The fourth-order valence-electron chi connectivity index (χ4n) is 3.35. The molecule has 2 atom stereocenters. The maximum Gasteiger partial charge on any atom is 0.0898 e. The molecular formula is C16H27N3O2. The summed E-state index contributed by atoms with van der Waals surface area (Å²) in [4.78, 5) is 2.50. The molecule has 118 valence electrons. The predicted octanol–water partition coefficient (Wildman–Crippen LogP) is 1.77. The fourth-order valence-corrected chi connectivity index (χ4v) is 3.35. The summed E-state index contributed by atoms with van der Waals surface area (Å²) in [6.45, 7) is 9.81. The molecule has 3 heterocycles. The first-order chi connectivity index (χ1) is 10.2. The van der Waals surface area contributed by atoms with Gasteiger partial charge in [-0.2, -0.15) is 5.10 Å². The Balaban J connectivity index is 1.51. The third kappa shape index (κ3) is 4.05. The lowest BCUT2D eigenvalue weighted by molar-refractivity contribution is -0.0652. The van der Waals surface area contributed by atoms with Crippen LogP contribution in [-0.4, -0.2) is 59.7 Å². The van der Waals surface area contributed by atoms with E-state index < -0.39 is 0 Å². The Hall–Kier alpha value is -0.910. The number of ether oxygens (including phenoxy) is 2. The molecule has 5 nitrogen and oxygen atoms in total. The van der Waals surface area contributed by atoms with Gasteiger partial charge in [-0.15, -0.1) is 0 Å². The molecule has 0 aliphatic carbocycles. The first-order valence-electron chi connectivity index (χ1n) is 8.17. The molecule has 21 heavy (non-hydrogen) atoms. The summed E-state index contributed by atoms with van der Waals surface area (Å²) >= 11 is 0. The van der Waals surface area contributed by atoms with Gasteiger partial charge in [-0.3, -0.25) is 9.58 Å². The van der Waals surface area contributed by atoms with E-state index in [4.69, 9.17) is 9.47 Å². The number of hydrogen-bond acceptors (Lipinski definition) is 4. The maximum absolute atomic E-state index is 5.92. The van der Waals surface area contributed by atoms with Crippen LogP contribution in [0.25, 0.3) is 0 Å². The minimum absolute atomic E-state index is 0.236. The maximum atomic E-state index is 5.92. The van der Waals surface area contributed by atoms with E-state index in [1.165, 1.54) is 25.0 Å². The SMILES string of the molecule is Cc1cc(C)n(C[C@H]2CN(C[C@@H]3CCCCO3)CCO2)n1. The summed E-state index contributed by atoms with van der Waals surface area (Å²) in [7, 11) is 0. The van der Waals surface area contributed by atoms with Crippen molar-refractivity contribution in [1.82, 2.24) is 14.7 Å². The quantitative estimate of drug-likeness (QED) is 0.848. The van der Waals surface area contributed by atoms with E-state index in [1.807, 2.05) is 6.92 Å². The van der Waals surface area contributed by atoms with Crippen LogP contribution in [0.1, 0.15) is 30.7 Å². The van der Waals surface area contributed by atoms with Gasteiger partial charge >= 0.3 is 0 Å². The highest BCUT2D eigenvalue weighted by Crippen LogP contribution is 2.16. The van der Waals surface area contributed by atoms with E-state index in [0.29, 0.717) is 6.10 Å². The first kappa shape index (κ1) is 15.0. The molecule has 2 saturated heterocycles. The Labute approximate surface area is 127 Å². The van der Waals surface area contributed by atoms with Crippen molar-refractivity contribution in [3.63, 3.8) is 0 Å². The zero-order valence-electron chi connectivity index (χ0n) is 13.3. The number of aromatic nitrogens is 2. The van der Waals surface area contributed by atoms with Crippen molar-refractivity contribution in [2.75, 3.05) is 32.8 Å². The van der Waals surface area contributed by atoms with Crippen LogP contribution < -0.4 is 0 Å². The molecule has 0 unspecified atom stereocenters. The highest BCUT2D eigenvalue weighted by molar-refractivity contribution is 5.06. The molecule has 2 fully saturated rings. The molecule has 0 saturated carbocycles. The minimum Gasteiger partial charge on any atom is -0.377 e. The van der Waals surface area contributed by atoms with Crippen molar-refractivity contribution < 1.29 is 9.47 Å². The number of rotatable bonds is 4.